The zero-order valence-corrected chi connectivity index (χ0v) is 9.02. The Labute approximate surface area is 91.3 Å². The number of nitrogens with two attached hydrogens (primary N) is 1. The van der Waals surface area contributed by atoms with Crippen LogP contribution < -0.4 is 11.1 Å². The third-order valence-electron chi connectivity index (χ3n) is 3.00. The summed E-state index contributed by atoms with van der Waals surface area (Å²) in [6.07, 6.45) is 0. The highest BCUT2D eigenvalue weighted by atomic mass is 15.2. The van der Waals surface area contributed by atoms with Gasteiger partial charge in [0.15, 0.2) is 0 Å². The first-order chi connectivity index (χ1) is 7.42. The first kappa shape index (κ1) is 10.6. The zero-order valence-electron chi connectivity index (χ0n) is 9.02. The molecule has 3 nitrogen and oxygen atoms in total. The molecule has 0 bridgehead atoms. The number of hydrogen-bond donors (Lipinski definition) is 2. The largest absolute Gasteiger partial charge is 0.329 e. The van der Waals surface area contributed by atoms with Gasteiger partial charge in [-0.1, -0.05) is 30.3 Å². The fourth-order valence-electron chi connectivity index (χ4n) is 2.16. The maximum absolute atomic E-state index is 5.87. The van der Waals surface area contributed by atoms with Gasteiger partial charge in [-0.25, -0.2) is 0 Å². The maximum atomic E-state index is 5.87. The van der Waals surface area contributed by atoms with E-state index < -0.39 is 0 Å². The highest BCUT2D eigenvalue weighted by molar-refractivity contribution is 5.19. The fourth-order valence-corrected chi connectivity index (χ4v) is 2.16. The van der Waals surface area contributed by atoms with Crippen molar-refractivity contribution in [3.63, 3.8) is 0 Å². The highest BCUT2D eigenvalue weighted by Gasteiger charge is 2.20. The molecule has 1 saturated heterocycles. The van der Waals surface area contributed by atoms with Gasteiger partial charge in [-0.3, -0.25) is 4.90 Å². The summed E-state index contributed by atoms with van der Waals surface area (Å²) in [7, 11) is 0. The topological polar surface area (TPSA) is 41.3 Å². The molecule has 0 amide bonds. The van der Waals surface area contributed by atoms with Crippen LogP contribution in [0.1, 0.15) is 11.6 Å². The van der Waals surface area contributed by atoms with Crippen LogP contribution in [0.5, 0.6) is 0 Å². The van der Waals surface area contributed by atoms with Gasteiger partial charge in [0.25, 0.3) is 0 Å². The van der Waals surface area contributed by atoms with Crippen molar-refractivity contribution in [2.75, 3.05) is 32.7 Å². The summed E-state index contributed by atoms with van der Waals surface area (Å²) >= 11 is 0. The fraction of sp³-hybridized carbons (Fsp3) is 0.500. The van der Waals surface area contributed by atoms with E-state index in [1.54, 1.807) is 0 Å². The molecule has 1 unspecified atom stereocenters. The van der Waals surface area contributed by atoms with Crippen LogP contribution in [0.2, 0.25) is 0 Å². The third kappa shape index (κ3) is 2.56. The Hall–Kier alpha value is -0.900. The van der Waals surface area contributed by atoms with Crippen molar-refractivity contribution in [2.45, 2.75) is 6.04 Å². The van der Waals surface area contributed by atoms with Crippen LogP contribution in [-0.2, 0) is 0 Å². The Morgan fingerprint density at radius 3 is 2.47 bits per heavy atom. The molecular weight excluding hydrogens is 186 g/mol. The molecule has 1 aliphatic rings. The number of piperazine rings is 1. The van der Waals surface area contributed by atoms with Crippen molar-refractivity contribution in [3.05, 3.63) is 35.9 Å². The summed E-state index contributed by atoms with van der Waals surface area (Å²) in [6.45, 7) is 5.03. The smallest absolute Gasteiger partial charge is 0.0471 e. The van der Waals surface area contributed by atoms with Crippen molar-refractivity contribution < 1.29 is 0 Å². The number of benzene rings is 1. The van der Waals surface area contributed by atoms with Crippen LogP contribution in [0.4, 0.5) is 0 Å². The molecule has 1 aromatic carbocycles. The molecule has 1 fully saturated rings. The van der Waals surface area contributed by atoms with Crippen molar-refractivity contribution in [1.29, 1.82) is 0 Å². The lowest BCUT2D eigenvalue weighted by atomic mass is 10.0. The number of nitrogens with one attached hydrogen (secondary N) is 1. The monoisotopic (exact) mass is 205 g/mol. The molecule has 1 heterocycles. The highest BCUT2D eigenvalue weighted by Crippen LogP contribution is 2.19. The molecule has 0 aromatic heterocycles. The Balaban J connectivity index is 2.09. The first-order valence-electron chi connectivity index (χ1n) is 5.61. The Bertz CT molecular complexity index is 280. The van der Waals surface area contributed by atoms with Crippen LogP contribution in [0.15, 0.2) is 30.3 Å². The predicted octanol–water partition coefficient (Wildman–Crippen LogP) is 0.592. The Kier molecular flexibility index (Phi) is 3.72. The van der Waals surface area contributed by atoms with E-state index in [4.69, 9.17) is 5.73 Å². The van der Waals surface area contributed by atoms with E-state index >= 15 is 0 Å². The van der Waals surface area contributed by atoms with E-state index in [0.29, 0.717) is 12.6 Å². The van der Waals surface area contributed by atoms with Gasteiger partial charge < -0.3 is 11.1 Å². The summed E-state index contributed by atoms with van der Waals surface area (Å²) in [4.78, 5) is 2.46. The van der Waals surface area contributed by atoms with Crippen LogP contribution >= 0.6 is 0 Å². The molecule has 3 heteroatoms. The van der Waals surface area contributed by atoms with E-state index in [0.717, 1.165) is 26.2 Å². The van der Waals surface area contributed by atoms with Crippen LogP contribution in [0.3, 0.4) is 0 Å². The molecule has 15 heavy (non-hydrogen) atoms. The van der Waals surface area contributed by atoms with Gasteiger partial charge in [0, 0.05) is 38.8 Å². The molecule has 2 rings (SSSR count). The van der Waals surface area contributed by atoms with Gasteiger partial charge in [0.05, 0.1) is 0 Å². The first-order valence-corrected chi connectivity index (χ1v) is 5.61. The molecule has 1 atom stereocenters. The molecule has 82 valence electrons. The maximum Gasteiger partial charge on any atom is 0.0471 e. The predicted molar refractivity (Wildman–Crippen MR) is 62.7 cm³/mol. The second-order valence-electron chi connectivity index (χ2n) is 3.95. The van der Waals surface area contributed by atoms with Gasteiger partial charge in [-0.15, -0.1) is 0 Å². The SMILES string of the molecule is NCC(c1ccccc1)N1CCNCC1. The van der Waals surface area contributed by atoms with Crippen LogP contribution in [0, 0.1) is 0 Å². The van der Waals surface area contributed by atoms with Gasteiger partial charge in [-0.2, -0.15) is 0 Å². The second-order valence-corrected chi connectivity index (χ2v) is 3.95. The molecule has 1 aliphatic heterocycles. The molecule has 0 aliphatic carbocycles. The summed E-state index contributed by atoms with van der Waals surface area (Å²) < 4.78 is 0. The lowest BCUT2D eigenvalue weighted by Gasteiger charge is -2.34. The quantitative estimate of drug-likeness (QED) is 0.759. The lowest BCUT2D eigenvalue weighted by molar-refractivity contribution is 0.178. The number of rotatable bonds is 3. The van der Waals surface area contributed by atoms with Gasteiger partial charge in [-0.05, 0) is 5.56 Å². The molecule has 1 aromatic rings. The van der Waals surface area contributed by atoms with E-state index in [-0.39, 0.29) is 0 Å². The zero-order chi connectivity index (χ0) is 10.5. The van der Waals surface area contributed by atoms with E-state index in [1.807, 2.05) is 0 Å². The van der Waals surface area contributed by atoms with E-state index in [9.17, 15) is 0 Å². The summed E-state index contributed by atoms with van der Waals surface area (Å²) in [5, 5.41) is 3.36. The van der Waals surface area contributed by atoms with Gasteiger partial charge in [0.1, 0.15) is 0 Å². The van der Waals surface area contributed by atoms with Crippen molar-refractivity contribution in [1.82, 2.24) is 10.2 Å². The molecule has 0 spiro atoms. The summed E-state index contributed by atoms with van der Waals surface area (Å²) in [5.41, 5.74) is 7.21. The average molecular weight is 205 g/mol. The average Bonchev–Trinajstić information content (AvgIpc) is 2.33. The van der Waals surface area contributed by atoms with E-state index in [1.165, 1.54) is 5.56 Å². The second kappa shape index (κ2) is 5.26. The minimum atomic E-state index is 0.383. The van der Waals surface area contributed by atoms with Crippen LogP contribution in [0.25, 0.3) is 0 Å². The standard InChI is InChI=1S/C12H19N3/c13-10-12(11-4-2-1-3-5-11)15-8-6-14-7-9-15/h1-5,12,14H,6-10,13H2. The van der Waals surface area contributed by atoms with Crippen molar-refractivity contribution >= 4 is 0 Å². The summed E-state index contributed by atoms with van der Waals surface area (Å²) in [6, 6.07) is 10.9. The van der Waals surface area contributed by atoms with Crippen LogP contribution in [-0.4, -0.2) is 37.6 Å². The minimum Gasteiger partial charge on any atom is -0.329 e. The van der Waals surface area contributed by atoms with E-state index in [2.05, 4.69) is 40.5 Å². The van der Waals surface area contributed by atoms with Crippen molar-refractivity contribution in [3.8, 4) is 0 Å². The minimum absolute atomic E-state index is 0.383. The Morgan fingerprint density at radius 2 is 1.87 bits per heavy atom. The number of hydrogen-bond acceptors (Lipinski definition) is 3. The van der Waals surface area contributed by atoms with Gasteiger partial charge in [0.2, 0.25) is 0 Å². The molecule has 0 radical (unpaired) electrons. The summed E-state index contributed by atoms with van der Waals surface area (Å²) in [5.74, 6) is 0. The van der Waals surface area contributed by atoms with Gasteiger partial charge >= 0.3 is 0 Å². The molecule has 0 saturated carbocycles. The lowest BCUT2D eigenvalue weighted by Crippen LogP contribution is -2.46. The normalized spacial score (nSPS) is 20.1. The van der Waals surface area contributed by atoms with Crippen molar-refractivity contribution in [2.24, 2.45) is 5.73 Å². The third-order valence-corrected chi connectivity index (χ3v) is 3.00. The molecular formula is C12H19N3. The molecule has 3 N–H and O–H groups in total. The number of nitrogens with zero attached hydrogens (tertiary/aromatic N) is 1. The Morgan fingerprint density at radius 1 is 1.20 bits per heavy atom.